The van der Waals surface area contributed by atoms with Gasteiger partial charge < -0.3 is 14.6 Å². The average molecular weight is 490 g/mol. The molecule has 0 amide bonds. The first kappa shape index (κ1) is 29.2. The fourth-order valence-electron chi connectivity index (χ4n) is 4.66. The Morgan fingerprint density at radius 1 is 1.19 bits per heavy atom. The van der Waals surface area contributed by atoms with Crippen LogP contribution < -0.4 is 5.32 Å². The molecule has 1 aliphatic heterocycles. The molecule has 2 atom stereocenters. The van der Waals surface area contributed by atoms with Crippen molar-refractivity contribution in [3.8, 4) is 0 Å². The molecule has 36 heavy (non-hydrogen) atoms. The maximum Gasteiger partial charge on any atom is 0.134 e. The number of aliphatic imine (C=N–C) groups is 1. The van der Waals surface area contributed by atoms with E-state index in [9.17, 15) is 0 Å². The molecule has 0 saturated carbocycles. The molecule has 1 aliphatic rings. The van der Waals surface area contributed by atoms with E-state index in [4.69, 9.17) is 9.41 Å². The number of nitrogens with one attached hydrogen (secondary N) is 1. The summed E-state index contributed by atoms with van der Waals surface area (Å²) in [7, 11) is 0. The fourth-order valence-corrected chi connectivity index (χ4v) is 4.66. The Balaban J connectivity index is 2.46. The highest BCUT2D eigenvalue weighted by atomic mass is 16.3. The van der Waals surface area contributed by atoms with Crippen LogP contribution in [-0.2, 0) is 0 Å². The first-order chi connectivity index (χ1) is 17.3. The van der Waals surface area contributed by atoms with Crippen molar-refractivity contribution in [1.29, 1.82) is 0 Å². The molecule has 0 aromatic carbocycles. The maximum absolute atomic E-state index is 6.09. The van der Waals surface area contributed by atoms with Crippen LogP contribution >= 0.6 is 0 Å². The van der Waals surface area contributed by atoms with Gasteiger partial charge in [0.25, 0.3) is 0 Å². The van der Waals surface area contributed by atoms with E-state index in [-0.39, 0.29) is 6.04 Å². The van der Waals surface area contributed by atoms with Gasteiger partial charge in [-0.25, -0.2) is 0 Å². The van der Waals surface area contributed by atoms with Gasteiger partial charge in [-0.2, -0.15) is 0 Å². The van der Waals surface area contributed by atoms with E-state index >= 15 is 0 Å². The topological polar surface area (TPSA) is 40.8 Å². The number of nitrogens with zero attached hydrogens (tertiary/aromatic N) is 2. The van der Waals surface area contributed by atoms with Gasteiger partial charge in [0.1, 0.15) is 17.4 Å². The molecule has 2 heterocycles. The van der Waals surface area contributed by atoms with Crippen molar-refractivity contribution >= 4 is 5.84 Å². The van der Waals surface area contributed by atoms with Crippen LogP contribution in [0.5, 0.6) is 0 Å². The van der Waals surface area contributed by atoms with E-state index < -0.39 is 0 Å². The van der Waals surface area contributed by atoms with Crippen LogP contribution in [-0.4, -0.2) is 23.3 Å². The highest BCUT2D eigenvalue weighted by Crippen LogP contribution is 2.38. The van der Waals surface area contributed by atoms with Crippen LogP contribution in [0.15, 0.2) is 92.7 Å². The minimum Gasteiger partial charge on any atom is -0.464 e. The summed E-state index contributed by atoms with van der Waals surface area (Å²) < 4.78 is 6.09. The summed E-state index contributed by atoms with van der Waals surface area (Å²) in [6.07, 6.45) is 16.9. The molecule has 2 rings (SSSR count). The summed E-state index contributed by atoms with van der Waals surface area (Å²) in [4.78, 5) is 7.53. The number of piperidine rings is 1. The molecule has 1 saturated heterocycles. The second kappa shape index (κ2) is 14.5. The zero-order valence-corrected chi connectivity index (χ0v) is 23.8. The predicted molar refractivity (Wildman–Crippen MR) is 156 cm³/mol. The van der Waals surface area contributed by atoms with Crippen molar-refractivity contribution in [2.45, 2.75) is 93.2 Å². The summed E-state index contributed by atoms with van der Waals surface area (Å²) in [5.41, 5.74) is 6.09. The van der Waals surface area contributed by atoms with Gasteiger partial charge in [-0.05, 0) is 98.1 Å². The van der Waals surface area contributed by atoms with E-state index in [0.29, 0.717) is 12.6 Å². The average Bonchev–Trinajstić information content (AvgIpc) is 3.32. The van der Waals surface area contributed by atoms with Crippen LogP contribution in [0.1, 0.15) is 91.7 Å². The van der Waals surface area contributed by atoms with E-state index in [1.807, 2.05) is 32.2 Å². The molecule has 0 spiro atoms. The molecule has 196 valence electrons. The van der Waals surface area contributed by atoms with Gasteiger partial charge in [-0.15, -0.1) is 0 Å². The van der Waals surface area contributed by atoms with E-state index in [1.54, 1.807) is 0 Å². The first-order valence-corrected chi connectivity index (χ1v) is 13.4. The Morgan fingerprint density at radius 2 is 1.94 bits per heavy atom. The molecule has 1 N–H and O–H groups in total. The lowest BCUT2D eigenvalue weighted by Gasteiger charge is -2.43. The smallest absolute Gasteiger partial charge is 0.134 e. The second-order valence-electron chi connectivity index (χ2n) is 9.68. The van der Waals surface area contributed by atoms with Crippen molar-refractivity contribution in [3.63, 3.8) is 0 Å². The van der Waals surface area contributed by atoms with Crippen molar-refractivity contribution in [3.05, 3.63) is 94.8 Å². The Kier molecular flexibility index (Phi) is 11.8. The highest BCUT2D eigenvalue weighted by Gasteiger charge is 2.32. The molecule has 1 aromatic rings. The van der Waals surface area contributed by atoms with E-state index in [1.165, 1.54) is 28.8 Å². The van der Waals surface area contributed by atoms with E-state index in [2.05, 4.69) is 88.7 Å². The van der Waals surface area contributed by atoms with Gasteiger partial charge in [0, 0.05) is 17.3 Å². The third-order valence-corrected chi connectivity index (χ3v) is 7.16. The third-order valence-electron chi connectivity index (χ3n) is 7.16. The summed E-state index contributed by atoms with van der Waals surface area (Å²) in [6, 6.07) is 4.80. The van der Waals surface area contributed by atoms with Crippen molar-refractivity contribution in [2.75, 3.05) is 6.54 Å². The number of furan rings is 1. The van der Waals surface area contributed by atoms with Crippen LogP contribution in [0.25, 0.3) is 0 Å². The zero-order valence-electron chi connectivity index (χ0n) is 23.8. The maximum atomic E-state index is 6.09. The lowest BCUT2D eigenvalue weighted by Crippen LogP contribution is -2.40. The summed E-state index contributed by atoms with van der Waals surface area (Å²) in [6.45, 7) is 21.9. The molecule has 4 heteroatoms. The number of allylic oxidation sites excluding steroid dienone is 6. The number of hydrogen-bond acceptors (Lipinski definition) is 3. The van der Waals surface area contributed by atoms with Gasteiger partial charge >= 0.3 is 0 Å². The summed E-state index contributed by atoms with van der Waals surface area (Å²) >= 11 is 0. The molecule has 1 aromatic heterocycles. The number of aryl methyl sites for hydroxylation is 1. The van der Waals surface area contributed by atoms with Gasteiger partial charge in [-0.3, -0.25) is 4.99 Å². The minimum absolute atomic E-state index is 0.214. The number of hydrogen-bond donors (Lipinski definition) is 1. The number of rotatable bonds is 10. The normalized spacial score (nSPS) is 21.2. The van der Waals surface area contributed by atoms with Crippen LogP contribution in [0.3, 0.4) is 0 Å². The highest BCUT2D eigenvalue weighted by molar-refractivity contribution is 6.02. The van der Waals surface area contributed by atoms with Gasteiger partial charge in [0.15, 0.2) is 0 Å². The lowest BCUT2D eigenvalue weighted by molar-refractivity contribution is 0.117. The molecule has 4 nitrogen and oxygen atoms in total. The molecule has 0 aliphatic carbocycles. The monoisotopic (exact) mass is 489 g/mol. The fraction of sp³-hybridized carbons (Fsp3) is 0.469. The lowest BCUT2D eigenvalue weighted by atomic mass is 9.93. The molecule has 0 radical (unpaired) electrons. The summed E-state index contributed by atoms with van der Waals surface area (Å²) in [5, 5.41) is 3.42. The molecule has 0 bridgehead atoms. The third kappa shape index (κ3) is 7.74. The zero-order chi connectivity index (χ0) is 26.7. The van der Waals surface area contributed by atoms with Crippen LogP contribution in [0.2, 0.25) is 0 Å². The quantitative estimate of drug-likeness (QED) is 0.203. The van der Waals surface area contributed by atoms with Gasteiger partial charge in [0.2, 0.25) is 0 Å². The molecule has 1 fully saturated rings. The molecular weight excluding hydrogens is 442 g/mol. The predicted octanol–water partition coefficient (Wildman–Crippen LogP) is 8.73. The van der Waals surface area contributed by atoms with Gasteiger partial charge in [0.05, 0.1) is 12.6 Å². The van der Waals surface area contributed by atoms with Crippen molar-refractivity contribution in [1.82, 2.24) is 10.2 Å². The van der Waals surface area contributed by atoms with E-state index in [0.717, 1.165) is 42.2 Å². The SMILES string of the molecule is C=C/C(C(=NCC(/C=C\C(C)=C(\C)CC)=C/C)N/C=C\C)=C(/C)N1C(C)CCCC1c1ccc(C)o1. The van der Waals surface area contributed by atoms with Crippen LogP contribution in [0, 0.1) is 6.92 Å². The number of amidine groups is 1. The Labute approximate surface area is 220 Å². The first-order valence-electron chi connectivity index (χ1n) is 13.4. The van der Waals surface area contributed by atoms with Crippen LogP contribution in [0.4, 0.5) is 0 Å². The van der Waals surface area contributed by atoms with Crippen molar-refractivity contribution < 1.29 is 4.42 Å². The molecule has 2 unspecified atom stereocenters. The number of likely N-dealkylation sites (tertiary alicyclic amines) is 1. The Hall–Kier alpha value is -3.01. The summed E-state index contributed by atoms with van der Waals surface area (Å²) in [5.74, 6) is 2.82. The minimum atomic E-state index is 0.214. The van der Waals surface area contributed by atoms with Gasteiger partial charge in [-0.1, -0.05) is 55.0 Å². The standard InChI is InChI=1S/C32H47N3O/c1-10-21-33-32(34-22-28(12-3)19-17-24(6)23(5)11-2)29(13-4)27(9)35-25(7)15-14-16-30(35)31-20-18-26(8)36-31/h10,12-13,17-21,25,30H,4,11,14-16,22H2,1-3,5-9H3,(H,33,34)/b19-17-,21-10-,24-23-,28-12+,29-27+. The van der Waals surface area contributed by atoms with Crippen molar-refractivity contribution in [2.24, 2.45) is 4.99 Å². The Bertz CT molecular complexity index is 1060. The second-order valence-corrected chi connectivity index (χ2v) is 9.68. The Morgan fingerprint density at radius 3 is 2.53 bits per heavy atom. The largest absolute Gasteiger partial charge is 0.464 e. The molecular formula is C32H47N3O.